The first-order chi connectivity index (χ1) is 7.83. The van der Waals surface area contributed by atoms with Crippen molar-refractivity contribution in [1.29, 1.82) is 0 Å². The van der Waals surface area contributed by atoms with Crippen LogP contribution in [0.5, 0.6) is 0 Å². The van der Waals surface area contributed by atoms with Gasteiger partial charge in [0.25, 0.3) is 0 Å². The van der Waals surface area contributed by atoms with Crippen LogP contribution in [0.1, 0.15) is 18.1 Å². The van der Waals surface area contributed by atoms with E-state index in [2.05, 4.69) is 36.1 Å². The number of rotatable bonds is 5. The average molecular weight is 218 g/mol. The molecule has 0 heterocycles. The Hall–Kier alpha value is -0.860. The van der Waals surface area contributed by atoms with Gasteiger partial charge in [0, 0.05) is 19.6 Å². The molecule has 2 N–H and O–H groups in total. The summed E-state index contributed by atoms with van der Waals surface area (Å²) in [6.45, 7) is 6.33. The summed E-state index contributed by atoms with van der Waals surface area (Å²) in [5, 5.41) is 0. The molecule has 0 fully saturated rings. The van der Waals surface area contributed by atoms with Crippen LogP contribution in [0.3, 0.4) is 0 Å². The second-order valence-electron chi connectivity index (χ2n) is 4.72. The number of likely N-dealkylation sites (N-methyl/N-ethyl adjacent to an activating group) is 1. The molecule has 0 unspecified atom stereocenters. The van der Waals surface area contributed by atoms with E-state index in [-0.39, 0.29) is 0 Å². The van der Waals surface area contributed by atoms with Crippen molar-refractivity contribution in [3.63, 3.8) is 0 Å². The van der Waals surface area contributed by atoms with Crippen LogP contribution in [0.2, 0.25) is 0 Å². The second-order valence-corrected chi connectivity index (χ2v) is 4.72. The highest BCUT2D eigenvalue weighted by Crippen LogP contribution is 2.26. The predicted molar refractivity (Wildman–Crippen MR) is 68.5 cm³/mol. The van der Waals surface area contributed by atoms with Crippen LogP contribution < -0.4 is 5.73 Å². The molecule has 1 aliphatic rings. The minimum atomic E-state index is 0.771. The first kappa shape index (κ1) is 11.6. The zero-order chi connectivity index (χ0) is 11.4. The van der Waals surface area contributed by atoms with Crippen LogP contribution in [0.4, 0.5) is 0 Å². The van der Waals surface area contributed by atoms with Gasteiger partial charge in [-0.05, 0) is 36.4 Å². The minimum Gasteiger partial charge on any atom is -0.329 e. The van der Waals surface area contributed by atoms with Gasteiger partial charge in [-0.2, -0.15) is 0 Å². The molecule has 2 heteroatoms. The van der Waals surface area contributed by atoms with Crippen molar-refractivity contribution in [2.24, 2.45) is 11.7 Å². The first-order valence-electron chi connectivity index (χ1n) is 6.32. The highest BCUT2D eigenvalue weighted by Gasteiger charge is 2.22. The topological polar surface area (TPSA) is 29.3 Å². The van der Waals surface area contributed by atoms with E-state index in [1.54, 1.807) is 11.1 Å². The van der Waals surface area contributed by atoms with Gasteiger partial charge in [0.2, 0.25) is 0 Å². The van der Waals surface area contributed by atoms with Crippen LogP contribution in [-0.2, 0) is 12.8 Å². The van der Waals surface area contributed by atoms with Gasteiger partial charge in [0.15, 0.2) is 0 Å². The van der Waals surface area contributed by atoms with Gasteiger partial charge in [-0.3, -0.25) is 0 Å². The third kappa shape index (κ3) is 2.63. The van der Waals surface area contributed by atoms with E-state index in [0.717, 1.165) is 25.6 Å². The molecular weight excluding hydrogens is 196 g/mol. The summed E-state index contributed by atoms with van der Waals surface area (Å²) in [6.07, 6.45) is 2.49. The van der Waals surface area contributed by atoms with E-state index in [9.17, 15) is 0 Å². The number of hydrogen-bond donors (Lipinski definition) is 1. The van der Waals surface area contributed by atoms with Gasteiger partial charge in [0.05, 0.1) is 0 Å². The molecule has 0 saturated heterocycles. The monoisotopic (exact) mass is 218 g/mol. The van der Waals surface area contributed by atoms with Crippen LogP contribution in [0, 0.1) is 5.92 Å². The molecule has 0 aromatic heterocycles. The van der Waals surface area contributed by atoms with Crippen LogP contribution >= 0.6 is 0 Å². The number of nitrogens with two attached hydrogens (primary N) is 1. The summed E-state index contributed by atoms with van der Waals surface area (Å²) >= 11 is 0. The first-order valence-corrected chi connectivity index (χ1v) is 6.32. The molecule has 1 aromatic carbocycles. The van der Waals surface area contributed by atoms with Crippen LogP contribution in [-0.4, -0.2) is 31.1 Å². The summed E-state index contributed by atoms with van der Waals surface area (Å²) < 4.78 is 0. The molecule has 0 bridgehead atoms. The third-order valence-electron chi connectivity index (χ3n) is 3.54. The lowest BCUT2D eigenvalue weighted by Crippen LogP contribution is -2.34. The van der Waals surface area contributed by atoms with E-state index in [0.29, 0.717) is 0 Å². The molecule has 1 aliphatic carbocycles. The maximum Gasteiger partial charge on any atom is 0.0105 e. The molecule has 2 rings (SSSR count). The van der Waals surface area contributed by atoms with Gasteiger partial charge in [-0.1, -0.05) is 31.2 Å². The highest BCUT2D eigenvalue weighted by molar-refractivity contribution is 5.32. The Morgan fingerprint density at radius 3 is 2.38 bits per heavy atom. The lowest BCUT2D eigenvalue weighted by molar-refractivity contribution is 0.250. The van der Waals surface area contributed by atoms with E-state index < -0.39 is 0 Å². The zero-order valence-corrected chi connectivity index (χ0v) is 10.2. The summed E-state index contributed by atoms with van der Waals surface area (Å²) in [5.41, 5.74) is 8.73. The summed E-state index contributed by atoms with van der Waals surface area (Å²) in [5.74, 6) is 0.795. The fraction of sp³-hybridized carbons (Fsp3) is 0.571. The van der Waals surface area contributed by atoms with Gasteiger partial charge in [-0.25, -0.2) is 0 Å². The number of nitrogens with zero attached hydrogens (tertiary/aromatic N) is 1. The largest absolute Gasteiger partial charge is 0.329 e. The Morgan fingerprint density at radius 1 is 1.25 bits per heavy atom. The molecule has 0 radical (unpaired) electrons. The van der Waals surface area contributed by atoms with E-state index in [4.69, 9.17) is 5.73 Å². The van der Waals surface area contributed by atoms with Gasteiger partial charge >= 0.3 is 0 Å². The number of benzene rings is 1. The van der Waals surface area contributed by atoms with Crippen LogP contribution in [0.25, 0.3) is 0 Å². The van der Waals surface area contributed by atoms with Crippen molar-refractivity contribution in [2.45, 2.75) is 19.8 Å². The molecule has 16 heavy (non-hydrogen) atoms. The third-order valence-corrected chi connectivity index (χ3v) is 3.54. The quantitative estimate of drug-likeness (QED) is 0.815. The molecule has 1 aromatic rings. The minimum absolute atomic E-state index is 0.771. The van der Waals surface area contributed by atoms with Gasteiger partial charge in [0.1, 0.15) is 0 Å². The molecular formula is C14H22N2. The molecule has 2 nitrogen and oxygen atoms in total. The normalized spacial score (nSPS) is 15.7. The predicted octanol–water partition coefficient (Wildman–Crippen LogP) is 1.68. The van der Waals surface area contributed by atoms with Crippen molar-refractivity contribution in [3.05, 3.63) is 35.4 Å². The number of hydrogen-bond acceptors (Lipinski definition) is 2. The summed E-state index contributed by atoms with van der Waals surface area (Å²) in [4.78, 5) is 2.47. The van der Waals surface area contributed by atoms with Crippen molar-refractivity contribution in [3.8, 4) is 0 Å². The maximum atomic E-state index is 5.62. The molecule has 0 spiro atoms. The van der Waals surface area contributed by atoms with E-state index in [1.807, 2.05) is 0 Å². The van der Waals surface area contributed by atoms with Crippen molar-refractivity contribution >= 4 is 0 Å². The van der Waals surface area contributed by atoms with Crippen molar-refractivity contribution in [2.75, 3.05) is 26.2 Å². The van der Waals surface area contributed by atoms with E-state index >= 15 is 0 Å². The SMILES string of the molecule is CCN(CCN)CC1Cc2ccccc2C1. The molecule has 0 saturated carbocycles. The van der Waals surface area contributed by atoms with Gasteiger partial charge < -0.3 is 10.6 Å². The Bertz CT molecular complexity index is 310. The number of fused-ring (bicyclic) bond motifs is 1. The van der Waals surface area contributed by atoms with Crippen molar-refractivity contribution in [1.82, 2.24) is 4.90 Å². The fourth-order valence-corrected chi connectivity index (χ4v) is 2.71. The lowest BCUT2D eigenvalue weighted by atomic mass is 10.1. The summed E-state index contributed by atoms with van der Waals surface area (Å²) in [7, 11) is 0. The van der Waals surface area contributed by atoms with Gasteiger partial charge in [-0.15, -0.1) is 0 Å². The second kappa shape index (κ2) is 5.46. The molecule has 88 valence electrons. The Labute approximate surface area is 98.4 Å². The Kier molecular flexibility index (Phi) is 3.97. The van der Waals surface area contributed by atoms with Crippen LogP contribution in [0.15, 0.2) is 24.3 Å². The maximum absolute atomic E-state index is 5.62. The average Bonchev–Trinajstić information content (AvgIpc) is 2.70. The Balaban J connectivity index is 1.91. The fourth-order valence-electron chi connectivity index (χ4n) is 2.71. The summed E-state index contributed by atoms with van der Waals surface area (Å²) in [6, 6.07) is 8.85. The zero-order valence-electron chi connectivity index (χ0n) is 10.2. The smallest absolute Gasteiger partial charge is 0.0105 e. The van der Waals surface area contributed by atoms with E-state index in [1.165, 1.54) is 19.4 Å². The standard InChI is InChI=1S/C14H22N2/c1-2-16(8-7-15)11-12-9-13-5-3-4-6-14(13)10-12/h3-6,12H,2,7-11,15H2,1H3. The Morgan fingerprint density at radius 2 is 1.88 bits per heavy atom. The lowest BCUT2D eigenvalue weighted by Gasteiger charge is -2.23. The highest BCUT2D eigenvalue weighted by atomic mass is 15.1. The molecule has 0 amide bonds. The van der Waals surface area contributed by atoms with Crippen molar-refractivity contribution < 1.29 is 0 Å². The molecule has 0 atom stereocenters. The molecule has 0 aliphatic heterocycles.